The molecule has 10 nitrogen and oxygen atoms in total. The quantitative estimate of drug-likeness (QED) is 0.511. The summed E-state index contributed by atoms with van der Waals surface area (Å²) in [6.45, 7) is 4.59. The van der Waals surface area contributed by atoms with Gasteiger partial charge in [0.2, 0.25) is 5.91 Å². The molecule has 1 aliphatic carbocycles. The number of carbonyl (C=O) groups is 2. The molecule has 1 aliphatic rings. The van der Waals surface area contributed by atoms with Crippen LogP contribution < -0.4 is 11.1 Å². The number of rotatable bonds is 3. The first-order valence-electron chi connectivity index (χ1n) is 7.76. The van der Waals surface area contributed by atoms with E-state index in [0.717, 1.165) is 6.42 Å². The molecule has 0 aromatic heterocycles. The first kappa shape index (κ1) is 23.6. The summed E-state index contributed by atoms with van der Waals surface area (Å²) in [5.41, 5.74) is 4.96. The van der Waals surface area contributed by atoms with Gasteiger partial charge in [-0.1, -0.05) is 0 Å². The standard InChI is InChI=1S/C10H19N3O3.C4H10O4S/c1-13(2)9(14)6-3-4-7(11)8(5-6)12-10(15)16;1-4(2,3)8-9(5,6)7/h6-8,12H,3-5,11H2,1-2H3,(H,15,16);1-3H3,(H,5,6,7)/t6-,7-,8+;/m0./s1. The Morgan fingerprint density at radius 2 is 1.76 bits per heavy atom. The summed E-state index contributed by atoms with van der Waals surface area (Å²) < 4.78 is 32.2. The van der Waals surface area contributed by atoms with Crippen LogP contribution in [-0.2, 0) is 19.4 Å². The molecular formula is C14H29N3O7S. The number of carbonyl (C=O) groups excluding carboxylic acids is 1. The van der Waals surface area contributed by atoms with Gasteiger partial charge in [-0.25, -0.2) is 8.98 Å². The van der Waals surface area contributed by atoms with Gasteiger partial charge in [-0.05, 0) is 40.0 Å². The zero-order chi connectivity index (χ0) is 20.0. The maximum absolute atomic E-state index is 11.7. The number of hydrogen-bond acceptors (Lipinski definition) is 6. The predicted molar refractivity (Wildman–Crippen MR) is 91.3 cm³/mol. The molecule has 0 bridgehead atoms. The monoisotopic (exact) mass is 383 g/mol. The average Bonchev–Trinajstić information content (AvgIpc) is 2.36. The van der Waals surface area contributed by atoms with Crippen LogP contribution in [-0.4, -0.2) is 66.8 Å². The molecule has 0 aromatic carbocycles. The summed E-state index contributed by atoms with van der Waals surface area (Å²) in [4.78, 5) is 23.8. The molecule has 148 valence electrons. The van der Waals surface area contributed by atoms with Crippen LogP contribution in [0, 0.1) is 5.92 Å². The number of nitrogens with one attached hydrogen (secondary N) is 1. The van der Waals surface area contributed by atoms with E-state index in [2.05, 4.69) is 9.50 Å². The zero-order valence-corrected chi connectivity index (χ0v) is 16.0. The van der Waals surface area contributed by atoms with Gasteiger partial charge in [-0.2, -0.15) is 8.42 Å². The van der Waals surface area contributed by atoms with Crippen LogP contribution in [0.25, 0.3) is 0 Å². The summed E-state index contributed by atoms with van der Waals surface area (Å²) >= 11 is 0. The third-order valence-corrected chi connectivity index (χ3v) is 4.07. The molecule has 25 heavy (non-hydrogen) atoms. The van der Waals surface area contributed by atoms with E-state index in [-0.39, 0.29) is 23.9 Å². The van der Waals surface area contributed by atoms with Crippen molar-refractivity contribution in [3.8, 4) is 0 Å². The molecule has 0 radical (unpaired) electrons. The van der Waals surface area contributed by atoms with E-state index in [1.54, 1.807) is 19.0 Å². The highest BCUT2D eigenvalue weighted by atomic mass is 32.3. The highest BCUT2D eigenvalue weighted by Gasteiger charge is 2.33. The van der Waals surface area contributed by atoms with E-state index in [0.29, 0.717) is 12.8 Å². The molecule has 1 rings (SSSR count). The Balaban J connectivity index is 0.000000547. The van der Waals surface area contributed by atoms with Gasteiger partial charge in [0.05, 0.1) is 5.60 Å². The van der Waals surface area contributed by atoms with E-state index in [1.807, 2.05) is 0 Å². The number of hydrogen-bond donors (Lipinski definition) is 4. The van der Waals surface area contributed by atoms with Gasteiger partial charge < -0.3 is 21.1 Å². The maximum Gasteiger partial charge on any atom is 0.404 e. The van der Waals surface area contributed by atoms with E-state index in [1.165, 1.54) is 20.8 Å². The van der Waals surface area contributed by atoms with Crippen molar-refractivity contribution < 1.29 is 31.8 Å². The minimum Gasteiger partial charge on any atom is -0.465 e. The highest BCUT2D eigenvalue weighted by Crippen LogP contribution is 2.25. The Morgan fingerprint density at radius 1 is 1.24 bits per heavy atom. The van der Waals surface area contributed by atoms with Gasteiger partial charge in [0.25, 0.3) is 0 Å². The van der Waals surface area contributed by atoms with Crippen LogP contribution in [0.2, 0.25) is 0 Å². The van der Waals surface area contributed by atoms with Gasteiger partial charge in [-0.15, -0.1) is 0 Å². The van der Waals surface area contributed by atoms with Crippen molar-refractivity contribution >= 4 is 22.4 Å². The summed E-state index contributed by atoms with van der Waals surface area (Å²) in [5, 5.41) is 11.0. The first-order valence-corrected chi connectivity index (χ1v) is 9.13. The maximum atomic E-state index is 11.7. The molecule has 0 aliphatic heterocycles. The minimum atomic E-state index is -4.28. The molecule has 5 N–H and O–H groups in total. The Kier molecular flexibility index (Phi) is 8.79. The van der Waals surface area contributed by atoms with E-state index < -0.39 is 22.1 Å². The predicted octanol–water partition coefficient (Wildman–Crippen LogP) is 0.443. The molecule has 2 amide bonds. The SMILES string of the molecule is CC(C)(C)OS(=O)(=O)O.CN(C)C(=O)[C@H]1CC[C@H](N)[C@H](NC(=O)O)C1. The highest BCUT2D eigenvalue weighted by molar-refractivity contribution is 7.80. The lowest BCUT2D eigenvalue weighted by atomic mass is 9.82. The molecule has 0 unspecified atom stereocenters. The molecule has 0 saturated heterocycles. The van der Waals surface area contributed by atoms with Crippen molar-refractivity contribution in [1.82, 2.24) is 10.2 Å². The Morgan fingerprint density at radius 3 is 2.08 bits per heavy atom. The van der Waals surface area contributed by atoms with Crippen molar-refractivity contribution in [3.63, 3.8) is 0 Å². The van der Waals surface area contributed by atoms with E-state index in [4.69, 9.17) is 15.4 Å². The van der Waals surface area contributed by atoms with E-state index in [9.17, 15) is 18.0 Å². The Bertz CT molecular complexity index is 557. The van der Waals surface area contributed by atoms with Crippen LogP contribution >= 0.6 is 0 Å². The lowest BCUT2D eigenvalue weighted by molar-refractivity contribution is -0.134. The topological polar surface area (TPSA) is 159 Å². The van der Waals surface area contributed by atoms with Gasteiger partial charge >= 0.3 is 16.5 Å². The summed E-state index contributed by atoms with van der Waals surface area (Å²) in [6, 6.07) is -0.512. The number of nitrogens with zero attached hydrogens (tertiary/aromatic N) is 1. The van der Waals surface area contributed by atoms with Crippen molar-refractivity contribution in [1.29, 1.82) is 0 Å². The Hall–Kier alpha value is -1.43. The lowest BCUT2D eigenvalue weighted by Crippen LogP contribution is -2.52. The largest absolute Gasteiger partial charge is 0.465 e. The summed E-state index contributed by atoms with van der Waals surface area (Å²) in [6.07, 6.45) is 0.814. The van der Waals surface area contributed by atoms with Gasteiger partial charge in [0.15, 0.2) is 0 Å². The smallest absolute Gasteiger partial charge is 0.404 e. The normalized spacial score (nSPS) is 23.9. The fourth-order valence-corrected chi connectivity index (χ4v) is 3.06. The van der Waals surface area contributed by atoms with Crippen molar-refractivity contribution in [2.24, 2.45) is 11.7 Å². The van der Waals surface area contributed by atoms with Gasteiger partial charge in [0, 0.05) is 32.1 Å². The van der Waals surface area contributed by atoms with Gasteiger partial charge in [0.1, 0.15) is 0 Å². The summed E-state index contributed by atoms with van der Waals surface area (Å²) in [5.74, 6) is -0.0734. The third kappa shape index (κ3) is 10.9. The van der Waals surface area contributed by atoms with Gasteiger partial charge in [-0.3, -0.25) is 9.35 Å². The molecule has 0 spiro atoms. The van der Waals surface area contributed by atoms with Crippen molar-refractivity contribution in [2.75, 3.05) is 14.1 Å². The van der Waals surface area contributed by atoms with Crippen LogP contribution in [0.5, 0.6) is 0 Å². The number of carboxylic acid groups (broad SMARTS) is 1. The molecular weight excluding hydrogens is 354 g/mol. The Labute approximate surface area is 148 Å². The second-order valence-corrected chi connectivity index (χ2v) is 8.11. The molecule has 11 heteroatoms. The van der Waals surface area contributed by atoms with Crippen LogP contribution in [0.4, 0.5) is 4.79 Å². The second kappa shape index (κ2) is 9.32. The molecule has 1 fully saturated rings. The third-order valence-electron chi connectivity index (χ3n) is 3.36. The number of nitrogens with two attached hydrogens (primary N) is 1. The van der Waals surface area contributed by atoms with Crippen LogP contribution in [0.3, 0.4) is 0 Å². The summed E-state index contributed by atoms with van der Waals surface area (Å²) in [7, 11) is -0.872. The minimum absolute atomic E-state index is 0.0455. The average molecular weight is 383 g/mol. The van der Waals surface area contributed by atoms with Crippen LogP contribution in [0.15, 0.2) is 0 Å². The van der Waals surface area contributed by atoms with Crippen molar-refractivity contribution in [2.45, 2.75) is 57.7 Å². The van der Waals surface area contributed by atoms with Crippen molar-refractivity contribution in [3.05, 3.63) is 0 Å². The molecule has 1 saturated carbocycles. The fraction of sp³-hybridized carbons (Fsp3) is 0.857. The molecule has 0 heterocycles. The second-order valence-electron chi connectivity index (χ2n) is 7.09. The molecule has 3 atom stereocenters. The van der Waals surface area contributed by atoms with E-state index >= 15 is 0 Å². The van der Waals surface area contributed by atoms with Crippen LogP contribution in [0.1, 0.15) is 40.0 Å². The lowest BCUT2D eigenvalue weighted by Gasteiger charge is -2.34. The fourth-order valence-electron chi connectivity index (χ4n) is 2.42. The first-order chi connectivity index (χ1) is 11.1. The number of amides is 2. The molecule has 0 aromatic rings. The zero-order valence-electron chi connectivity index (χ0n) is 15.2.